The van der Waals surface area contributed by atoms with Crippen LogP contribution in [-0.2, 0) is 13.1 Å². The summed E-state index contributed by atoms with van der Waals surface area (Å²) >= 11 is 0. The Bertz CT molecular complexity index is 885. The molecule has 3 rings (SSSR count). The van der Waals surface area contributed by atoms with Gasteiger partial charge in [0.15, 0.2) is 0 Å². The molecule has 2 heterocycles. The summed E-state index contributed by atoms with van der Waals surface area (Å²) in [6.45, 7) is 7.84. The number of aromatic nitrogens is 2. The second-order valence-corrected chi connectivity index (χ2v) is 5.87. The van der Waals surface area contributed by atoms with E-state index in [1.807, 2.05) is 44.2 Å². The van der Waals surface area contributed by atoms with Crippen molar-refractivity contribution in [3.63, 3.8) is 0 Å². The highest BCUT2D eigenvalue weighted by atomic mass is 16.5. The van der Waals surface area contributed by atoms with Crippen molar-refractivity contribution in [2.75, 3.05) is 6.61 Å². The number of benzene rings is 1. The Morgan fingerprint density at radius 3 is 2.64 bits per heavy atom. The van der Waals surface area contributed by atoms with Crippen LogP contribution in [0.5, 0.6) is 5.75 Å². The third kappa shape index (κ3) is 3.36. The number of fused-ring (bicyclic) bond motifs is 1. The Kier molecular flexibility index (Phi) is 5.03. The van der Waals surface area contributed by atoms with Gasteiger partial charge in [0, 0.05) is 36.4 Å². The minimum absolute atomic E-state index is 0.0645. The summed E-state index contributed by atoms with van der Waals surface area (Å²) in [6.07, 6.45) is 3.45. The first-order valence-electron chi connectivity index (χ1n) is 8.58. The predicted molar refractivity (Wildman–Crippen MR) is 98.9 cm³/mol. The van der Waals surface area contributed by atoms with E-state index in [9.17, 15) is 4.79 Å². The van der Waals surface area contributed by atoms with E-state index in [4.69, 9.17) is 4.74 Å². The monoisotopic (exact) mass is 337 g/mol. The van der Waals surface area contributed by atoms with Gasteiger partial charge in [0.1, 0.15) is 11.4 Å². The van der Waals surface area contributed by atoms with Crippen LogP contribution in [-0.4, -0.2) is 22.1 Å². The minimum Gasteiger partial charge on any atom is -0.494 e. The summed E-state index contributed by atoms with van der Waals surface area (Å²) < 4.78 is 7.66. The average molecular weight is 337 g/mol. The molecule has 3 aromatic rings. The van der Waals surface area contributed by atoms with Gasteiger partial charge in [-0.15, -0.1) is 0 Å². The van der Waals surface area contributed by atoms with Crippen LogP contribution in [0.1, 0.15) is 35.5 Å². The molecule has 1 N–H and O–H groups in total. The third-order valence-electron chi connectivity index (χ3n) is 4.33. The molecule has 0 atom stereocenters. The molecule has 1 aromatic carbocycles. The fraction of sp³-hybridized carbons (Fsp3) is 0.300. The molecule has 2 aromatic heterocycles. The van der Waals surface area contributed by atoms with Crippen LogP contribution in [0.25, 0.3) is 10.9 Å². The number of carbonyl (C=O) groups excluding carboxylic acids is 1. The van der Waals surface area contributed by atoms with Crippen LogP contribution in [0.3, 0.4) is 0 Å². The normalized spacial score (nSPS) is 10.8. The van der Waals surface area contributed by atoms with Crippen LogP contribution in [0, 0.1) is 6.92 Å². The number of nitrogens with zero attached hydrogens (tertiary/aromatic N) is 2. The van der Waals surface area contributed by atoms with Crippen molar-refractivity contribution < 1.29 is 9.53 Å². The van der Waals surface area contributed by atoms with E-state index in [2.05, 4.69) is 21.8 Å². The maximum Gasteiger partial charge on any atom is 0.268 e. The zero-order valence-corrected chi connectivity index (χ0v) is 14.9. The quantitative estimate of drug-likeness (QED) is 0.746. The van der Waals surface area contributed by atoms with Crippen molar-refractivity contribution in [2.24, 2.45) is 0 Å². The smallest absolute Gasteiger partial charge is 0.268 e. The number of aryl methyl sites for hydroxylation is 2. The Morgan fingerprint density at radius 2 is 1.96 bits per heavy atom. The number of nitrogens with one attached hydrogen (secondary N) is 1. The summed E-state index contributed by atoms with van der Waals surface area (Å²) in [5.41, 5.74) is 3.77. The van der Waals surface area contributed by atoms with Crippen molar-refractivity contribution in [3.8, 4) is 5.75 Å². The second-order valence-electron chi connectivity index (χ2n) is 5.87. The van der Waals surface area contributed by atoms with Gasteiger partial charge in [0.2, 0.25) is 0 Å². The summed E-state index contributed by atoms with van der Waals surface area (Å²) in [4.78, 5) is 16.8. The molecule has 0 unspecified atom stereocenters. The Balaban J connectivity index is 1.94. The van der Waals surface area contributed by atoms with Gasteiger partial charge in [-0.05, 0) is 62.2 Å². The van der Waals surface area contributed by atoms with Gasteiger partial charge in [-0.2, -0.15) is 0 Å². The standard InChI is InChI=1S/C20H23N3O2/c1-4-23-18-7-6-16(25-5-2)12-17(18)14(3)19(23)20(24)22-13-15-8-10-21-11-9-15/h6-12H,4-5,13H2,1-3H3,(H,22,24). The molecule has 1 amide bonds. The van der Waals surface area contributed by atoms with Crippen LogP contribution in [0.2, 0.25) is 0 Å². The van der Waals surface area contributed by atoms with Gasteiger partial charge in [-0.3, -0.25) is 9.78 Å². The van der Waals surface area contributed by atoms with Crippen LogP contribution in [0.4, 0.5) is 0 Å². The second kappa shape index (κ2) is 7.38. The van der Waals surface area contributed by atoms with Gasteiger partial charge in [0.05, 0.1) is 6.61 Å². The molecule has 0 bridgehead atoms. The molecule has 0 fully saturated rings. The fourth-order valence-corrected chi connectivity index (χ4v) is 3.15. The predicted octanol–water partition coefficient (Wildman–Crippen LogP) is 3.69. The zero-order valence-electron chi connectivity index (χ0n) is 14.9. The topological polar surface area (TPSA) is 56.1 Å². The summed E-state index contributed by atoms with van der Waals surface area (Å²) in [7, 11) is 0. The van der Waals surface area contributed by atoms with Crippen LogP contribution < -0.4 is 10.1 Å². The zero-order chi connectivity index (χ0) is 17.8. The van der Waals surface area contributed by atoms with Crippen molar-refractivity contribution in [2.45, 2.75) is 33.9 Å². The van der Waals surface area contributed by atoms with Gasteiger partial charge >= 0.3 is 0 Å². The van der Waals surface area contributed by atoms with Crippen LogP contribution >= 0.6 is 0 Å². The lowest BCUT2D eigenvalue weighted by molar-refractivity contribution is 0.0941. The van der Waals surface area contributed by atoms with Crippen LogP contribution in [0.15, 0.2) is 42.7 Å². The van der Waals surface area contributed by atoms with Crippen molar-refractivity contribution >= 4 is 16.8 Å². The number of hydrogen-bond donors (Lipinski definition) is 1. The first-order valence-corrected chi connectivity index (χ1v) is 8.58. The molecular weight excluding hydrogens is 314 g/mol. The number of ether oxygens (including phenoxy) is 1. The summed E-state index contributed by atoms with van der Waals surface area (Å²) in [5, 5.41) is 4.07. The molecule has 0 saturated heterocycles. The lowest BCUT2D eigenvalue weighted by atomic mass is 10.1. The van der Waals surface area contributed by atoms with Crippen molar-refractivity contribution in [1.82, 2.24) is 14.9 Å². The Hall–Kier alpha value is -2.82. The van der Waals surface area contributed by atoms with E-state index in [1.165, 1.54) is 0 Å². The largest absolute Gasteiger partial charge is 0.494 e. The first kappa shape index (κ1) is 17.0. The first-order chi connectivity index (χ1) is 12.2. The van der Waals surface area contributed by atoms with Crippen molar-refractivity contribution in [3.05, 3.63) is 59.5 Å². The Morgan fingerprint density at radius 1 is 1.20 bits per heavy atom. The molecule has 130 valence electrons. The lowest BCUT2D eigenvalue weighted by Gasteiger charge is -2.10. The van der Waals surface area contributed by atoms with Gasteiger partial charge in [0.25, 0.3) is 5.91 Å². The molecule has 0 saturated carbocycles. The summed E-state index contributed by atoms with van der Waals surface area (Å²) in [5.74, 6) is 0.764. The van der Waals surface area contributed by atoms with Gasteiger partial charge in [-0.1, -0.05) is 0 Å². The van der Waals surface area contributed by atoms with Gasteiger partial charge < -0.3 is 14.6 Å². The van der Waals surface area contributed by atoms with E-state index in [-0.39, 0.29) is 5.91 Å². The number of carbonyl (C=O) groups is 1. The maximum atomic E-state index is 12.8. The molecule has 0 aliphatic heterocycles. The summed E-state index contributed by atoms with van der Waals surface area (Å²) in [6, 6.07) is 9.79. The van der Waals surface area contributed by atoms with E-state index in [1.54, 1.807) is 12.4 Å². The van der Waals surface area contributed by atoms with Crippen molar-refractivity contribution in [1.29, 1.82) is 0 Å². The minimum atomic E-state index is -0.0645. The number of pyridine rings is 1. The molecule has 0 radical (unpaired) electrons. The SMILES string of the molecule is CCOc1ccc2c(c1)c(C)c(C(=O)NCc1ccncc1)n2CC. The van der Waals surface area contributed by atoms with Gasteiger partial charge in [-0.25, -0.2) is 0 Å². The molecule has 25 heavy (non-hydrogen) atoms. The molecule has 5 nitrogen and oxygen atoms in total. The highest BCUT2D eigenvalue weighted by molar-refractivity contribution is 6.02. The fourth-order valence-electron chi connectivity index (χ4n) is 3.15. The van der Waals surface area contributed by atoms with E-state index < -0.39 is 0 Å². The van der Waals surface area contributed by atoms with E-state index in [0.717, 1.165) is 34.3 Å². The third-order valence-corrected chi connectivity index (χ3v) is 4.33. The molecular formula is C20H23N3O2. The van der Waals surface area contributed by atoms with E-state index in [0.29, 0.717) is 18.8 Å². The average Bonchev–Trinajstić information content (AvgIpc) is 2.92. The maximum absolute atomic E-state index is 12.8. The number of amides is 1. The molecule has 0 aliphatic rings. The number of rotatable bonds is 6. The number of hydrogen-bond acceptors (Lipinski definition) is 3. The molecule has 0 aliphatic carbocycles. The molecule has 0 spiro atoms. The van der Waals surface area contributed by atoms with E-state index >= 15 is 0 Å². The Labute approximate surface area is 147 Å². The lowest BCUT2D eigenvalue weighted by Crippen LogP contribution is -2.26. The highest BCUT2D eigenvalue weighted by Gasteiger charge is 2.19. The molecule has 5 heteroatoms. The highest BCUT2D eigenvalue weighted by Crippen LogP contribution is 2.29.